The van der Waals surface area contributed by atoms with Crippen LogP contribution in [0.4, 0.5) is 11.4 Å². The van der Waals surface area contributed by atoms with E-state index in [-0.39, 0.29) is 10.6 Å². The molecule has 1 heterocycles. The number of aromatic nitrogens is 1. The van der Waals surface area contributed by atoms with Crippen LogP contribution in [0.5, 0.6) is 0 Å². The highest BCUT2D eigenvalue weighted by atomic mass is 16.6. The fraction of sp³-hybridized carbons (Fsp3) is 0.125. The Morgan fingerprint density at radius 3 is 2.86 bits per heavy atom. The van der Waals surface area contributed by atoms with Crippen LogP contribution in [0.3, 0.4) is 0 Å². The number of aromatic amines is 1. The lowest BCUT2D eigenvalue weighted by Crippen LogP contribution is -2.00. The number of fused-ring (bicyclic) bond motifs is 1. The zero-order valence-electron chi connectivity index (χ0n) is 11.6. The first-order valence-electron chi connectivity index (χ1n) is 6.69. The number of hydrogen-bond acceptors (Lipinski definition) is 3. The van der Waals surface area contributed by atoms with Crippen molar-refractivity contribution in [2.24, 2.45) is 0 Å². The molecule has 0 saturated heterocycles. The molecule has 0 saturated carbocycles. The van der Waals surface area contributed by atoms with Crippen LogP contribution in [0.15, 0.2) is 48.7 Å². The van der Waals surface area contributed by atoms with E-state index >= 15 is 0 Å². The molecule has 2 N–H and O–H groups in total. The summed E-state index contributed by atoms with van der Waals surface area (Å²) in [4.78, 5) is 13.8. The molecule has 3 rings (SSSR count). The number of benzene rings is 2. The summed E-state index contributed by atoms with van der Waals surface area (Å²) >= 11 is 0. The van der Waals surface area contributed by atoms with Crippen molar-refractivity contribution in [3.05, 3.63) is 69.9 Å². The minimum absolute atomic E-state index is 0.138. The van der Waals surface area contributed by atoms with E-state index in [1.54, 1.807) is 19.1 Å². The van der Waals surface area contributed by atoms with E-state index in [0.717, 1.165) is 22.2 Å². The molecule has 0 aliphatic heterocycles. The molecule has 106 valence electrons. The van der Waals surface area contributed by atoms with Crippen molar-refractivity contribution in [2.75, 3.05) is 5.32 Å². The first-order chi connectivity index (χ1) is 10.1. The number of anilines is 1. The maximum atomic E-state index is 11.0. The van der Waals surface area contributed by atoms with Gasteiger partial charge in [-0.3, -0.25) is 10.1 Å². The monoisotopic (exact) mass is 281 g/mol. The van der Waals surface area contributed by atoms with Crippen molar-refractivity contribution < 1.29 is 4.92 Å². The van der Waals surface area contributed by atoms with Gasteiger partial charge < -0.3 is 10.3 Å². The highest BCUT2D eigenvalue weighted by Gasteiger charge is 2.11. The molecule has 3 aromatic rings. The third-order valence-electron chi connectivity index (χ3n) is 3.56. The Bertz CT molecular complexity index is 808. The fourth-order valence-corrected chi connectivity index (χ4v) is 2.39. The number of nitro groups is 1. The zero-order chi connectivity index (χ0) is 14.8. The lowest BCUT2D eigenvalue weighted by Gasteiger charge is -2.06. The van der Waals surface area contributed by atoms with Crippen molar-refractivity contribution in [3.63, 3.8) is 0 Å². The maximum Gasteiger partial charge on any atom is 0.274 e. The Balaban J connectivity index is 1.82. The van der Waals surface area contributed by atoms with E-state index in [9.17, 15) is 10.1 Å². The summed E-state index contributed by atoms with van der Waals surface area (Å²) in [6.45, 7) is 2.35. The third kappa shape index (κ3) is 2.58. The number of nitrogens with zero attached hydrogens (tertiary/aromatic N) is 1. The second-order valence-electron chi connectivity index (χ2n) is 4.97. The number of para-hydroxylation sites is 1. The van der Waals surface area contributed by atoms with Gasteiger partial charge in [0.15, 0.2) is 0 Å². The average molecular weight is 281 g/mol. The minimum Gasteiger partial charge on any atom is -0.381 e. The normalized spacial score (nSPS) is 10.7. The fourth-order valence-electron chi connectivity index (χ4n) is 2.39. The van der Waals surface area contributed by atoms with Gasteiger partial charge in [0, 0.05) is 41.0 Å². The summed E-state index contributed by atoms with van der Waals surface area (Å²) in [6, 6.07) is 13.3. The Kier molecular flexibility index (Phi) is 3.31. The second-order valence-corrected chi connectivity index (χ2v) is 4.97. The summed E-state index contributed by atoms with van der Waals surface area (Å²) in [6.07, 6.45) is 1.96. The minimum atomic E-state index is -0.355. The summed E-state index contributed by atoms with van der Waals surface area (Å²) in [7, 11) is 0. The number of nitro benzene ring substituents is 1. The highest BCUT2D eigenvalue weighted by Crippen LogP contribution is 2.24. The predicted octanol–water partition coefficient (Wildman–Crippen LogP) is 4.00. The zero-order valence-corrected chi connectivity index (χ0v) is 11.6. The Hall–Kier alpha value is -2.82. The lowest BCUT2D eigenvalue weighted by atomic mass is 10.1. The van der Waals surface area contributed by atoms with Crippen LogP contribution in [0, 0.1) is 17.0 Å². The maximum absolute atomic E-state index is 11.0. The largest absolute Gasteiger partial charge is 0.381 e. The van der Waals surface area contributed by atoms with Gasteiger partial charge in [0.2, 0.25) is 0 Å². The molecule has 0 unspecified atom stereocenters. The lowest BCUT2D eigenvalue weighted by molar-refractivity contribution is -0.385. The van der Waals surface area contributed by atoms with E-state index < -0.39 is 0 Å². The van der Waals surface area contributed by atoms with Crippen molar-refractivity contribution in [1.29, 1.82) is 0 Å². The van der Waals surface area contributed by atoms with Crippen LogP contribution in [0.25, 0.3) is 10.9 Å². The third-order valence-corrected chi connectivity index (χ3v) is 3.56. The highest BCUT2D eigenvalue weighted by molar-refractivity contribution is 5.83. The van der Waals surface area contributed by atoms with E-state index in [1.165, 1.54) is 0 Å². The molecule has 5 heteroatoms. The molecule has 5 nitrogen and oxygen atoms in total. The van der Waals surface area contributed by atoms with Crippen LogP contribution in [0.2, 0.25) is 0 Å². The van der Waals surface area contributed by atoms with E-state index in [0.29, 0.717) is 12.1 Å². The SMILES string of the molecule is Cc1ccc(NCc2c[nH]c3ccccc23)cc1[N+](=O)[O-]. The van der Waals surface area contributed by atoms with Crippen LogP contribution in [-0.4, -0.2) is 9.91 Å². The molecular weight excluding hydrogens is 266 g/mol. The van der Waals surface area contributed by atoms with Gasteiger partial charge in [-0.1, -0.05) is 24.3 Å². The topological polar surface area (TPSA) is 71.0 Å². The van der Waals surface area contributed by atoms with Crippen LogP contribution >= 0.6 is 0 Å². The molecule has 0 aliphatic carbocycles. The number of hydrogen-bond donors (Lipinski definition) is 2. The second kappa shape index (κ2) is 5.28. The van der Waals surface area contributed by atoms with Crippen molar-refractivity contribution >= 4 is 22.3 Å². The van der Waals surface area contributed by atoms with E-state index in [1.807, 2.05) is 30.5 Å². The van der Waals surface area contributed by atoms with Gasteiger partial charge in [-0.2, -0.15) is 0 Å². The molecule has 0 radical (unpaired) electrons. The summed E-state index contributed by atoms with van der Waals surface area (Å²) in [5.74, 6) is 0. The summed E-state index contributed by atoms with van der Waals surface area (Å²) in [5.41, 5.74) is 3.77. The molecule has 0 bridgehead atoms. The van der Waals surface area contributed by atoms with Crippen molar-refractivity contribution in [1.82, 2.24) is 4.98 Å². The quantitative estimate of drug-likeness (QED) is 0.561. The van der Waals surface area contributed by atoms with E-state index in [2.05, 4.69) is 16.4 Å². The summed E-state index contributed by atoms with van der Waals surface area (Å²) < 4.78 is 0. The van der Waals surface area contributed by atoms with Crippen LogP contribution < -0.4 is 5.32 Å². The van der Waals surface area contributed by atoms with Crippen molar-refractivity contribution in [2.45, 2.75) is 13.5 Å². The molecule has 0 aliphatic rings. The average Bonchev–Trinajstić information content (AvgIpc) is 2.89. The van der Waals surface area contributed by atoms with Gasteiger partial charge in [0.25, 0.3) is 5.69 Å². The molecule has 0 fully saturated rings. The molecular formula is C16H15N3O2. The Morgan fingerprint density at radius 1 is 1.24 bits per heavy atom. The first-order valence-corrected chi connectivity index (χ1v) is 6.69. The molecule has 0 amide bonds. The van der Waals surface area contributed by atoms with Gasteiger partial charge in [-0.15, -0.1) is 0 Å². The Labute approximate surface area is 121 Å². The number of aryl methyl sites for hydroxylation is 1. The molecule has 0 atom stereocenters. The van der Waals surface area contributed by atoms with Gasteiger partial charge in [-0.05, 0) is 24.6 Å². The van der Waals surface area contributed by atoms with Gasteiger partial charge in [0.1, 0.15) is 0 Å². The standard InChI is InChI=1S/C16H15N3O2/c1-11-6-7-13(8-16(11)19(20)21)17-9-12-10-18-15-5-3-2-4-14(12)15/h2-8,10,17-18H,9H2,1H3. The van der Waals surface area contributed by atoms with Gasteiger partial charge in [0.05, 0.1) is 4.92 Å². The van der Waals surface area contributed by atoms with Crippen LogP contribution in [-0.2, 0) is 6.54 Å². The number of H-pyrrole nitrogens is 1. The molecule has 1 aromatic heterocycles. The van der Waals surface area contributed by atoms with Crippen molar-refractivity contribution in [3.8, 4) is 0 Å². The summed E-state index contributed by atoms with van der Waals surface area (Å²) in [5, 5.41) is 15.4. The van der Waals surface area contributed by atoms with E-state index in [4.69, 9.17) is 0 Å². The Morgan fingerprint density at radius 2 is 2.05 bits per heavy atom. The van der Waals surface area contributed by atoms with Gasteiger partial charge >= 0.3 is 0 Å². The predicted molar refractivity (Wildman–Crippen MR) is 83.5 cm³/mol. The molecule has 0 spiro atoms. The smallest absolute Gasteiger partial charge is 0.274 e. The number of nitrogens with one attached hydrogen (secondary N) is 2. The molecule has 2 aromatic carbocycles. The molecule has 21 heavy (non-hydrogen) atoms. The van der Waals surface area contributed by atoms with Gasteiger partial charge in [-0.25, -0.2) is 0 Å². The first kappa shape index (κ1) is 13.2. The van der Waals surface area contributed by atoms with Crippen LogP contribution in [0.1, 0.15) is 11.1 Å². The number of rotatable bonds is 4.